The number of nitrogens with two attached hydrogens (primary N) is 1. The van der Waals surface area contributed by atoms with Crippen LogP contribution in [0.3, 0.4) is 0 Å². The van der Waals surface area contributed by atoms with E-state index in [1.54, 1.807) is 12.1 Å². The van der Waals surface area contributed by atoms with Crippen molar-refractivity contribution in [3.05, 3.63) is 59.7 Å². The summed E-state index contributed by atoms with van der Waals surface area (Å²) in [6.07, 6.45) is -4.53. The summed E-state index contributed by atoms with van der Waals surface area (Å²) >= 11 is 0. The molecule has 0 aliphatic heterocycles. The molecule has 3 amide bonds. The SMILES string of the molecule is NC(=O)Nc1cccc(NC(=O)c2cccc(C(F)(F)F)c2)c1. The van der Waals surface area contributed by atoms with Crippen molar-refractivity contribution >= 4 is 23.3 Å². The second-order valence-corrected chi connectivity index (χ2v) is 4.60. The number of anilines is 2. The van der Waals surface area contributed by atoms with E-state index in [-0.39, 0.29) is 5.56 Å². The lowest BCUT2D eigenvalue weighted by molar-refractivity contribution is -0.137. The van der Waals surface area contributed by atoms with E-state index >= 15 is 0 Å². The molecule has 0 spiro atoms. The number of benzene rings is 2. The van der Waals surface area contributed by atoms with Crippen molar-refractivity contribution < 1.29 is 22.8 Å². The standard InChI is InChI=1S/C15H12F3N3O2/c16-15(17,18)10-4-1-3-9(7-10)13(22)20-11-5-2-6-12(8-11)21-14(19)23/h1-8H,(H,20,22)(H3,19,21,23). The van der Waals surface area contributed by atoms with Gasteiger partial charge in [-0.3, -0.25) is 4.79 Å². The lowest BCUT2D eigenvalue weighted by Gasteiger charge is -2.10. The minimum absolute atomic E-state index is 0.131. The van der Waals surface area contributed by atoms with Crippen LogP contribution >= 0.6 is 0 Å². The molecule has 2 aromatic rings. The first-order chi connectivity index (χ1) is 10.8. The molecule has 0 heterocycles. The number of halogens is 3. The number of nitrogens with one attached hydrogen (secondary N) is 2. The summed E-state index contributed by atoms with van der Waals surface area (Å²) in [6, 6.07) is 9.35. The minimum Gasteiger partial charge on any atom is -0.351 e. The maximum atomic E-state index is 12.6. The molecule has 0 atom stereocenters. The molecule has 120 valence electrons. The van der Waals surface area contributed by atoms with Crippen LogP contribution in [0.2, 0.25) is 0 Å². The lowest BCUT2D eigenvalue weighted by atomic mass is 10.1. The Balaban J connectivity index is 2.18. The zero-order chi connectivity index (χ0) is 17.0. The molecule has 0 radical (unpaired) electrons. The van der Waals surface area contributed by atoms with Crippen molar-refractivity contribution in [1.82, 2.24) is 0 Å². The van der Waals surface area contributed by atoms with Crippen LogP contribution in [-0.4, -0.2) is 11.9 Å². The number of amides is 3. The van der Waals surface area contributed by atoms with Gasteiger partial charge in [0.15, 0.2) is 0 Å². The number of primary amides is 1. The predicted molar refractivity (Wildman–Crippen MR) is 79.0 cm³/mol. The Morgan fingerprint density at radius 2 is 1.52 bits per heavy atom. The van der Waals surface area contributed by atoms with Crippen LogP contribution in [-0.2, 0) is 6.18 Å². The van der Waals surface area contributed by atoms with Crippen LogP contribution in [0.1, 0.15) is 15.9 Å². The fourth-order valence-corrected chi connectivity index (χ4v) is 1.86. The third-order valence-electron chi connectivity index (χ3n) is 2.84. The van der Waals surface area contributed by atoms with Gasteiger partial charge in [-0.05, 0) is 36.4 Å². The van der Waals surface area contributed by atoms with Crippen LogP contribution in [0.5, 0.6) is 0 Å². The van der Waals surface area contributed by atoms with Crippen LogP contribution in [0.15, 0.2) is 48.5 Å². The molecule has 0 unspecified atom stereocenters. The smallest absolute Gasteiger partial charge is 0.351 e. The summed E-state index contributed by atoms with van der Waals surface area (Å²) in [5.74, 6) is -0.702. The highest BCUT2D eigenvalue weighted by Crippen LogP contribution is 2.29. The Labute approximate surface area is 129 Å². The summed E-state index contributed by atoms with van der Waals surface area (Å²) in [5, 5.41) is 4.78. The van der Waals surface area contributed by atoms with Gasteiger partial charge in [-0.1, -0.05) is 12.1 Å². The third kappa shape index (κ3) is 4.47. The normalized spacial score (nSPS) is 10.9. The first kappa shape index (κ1) is 16.3. The van der Waals surface area contributed by atoms with Crippen molar-refractivity contribution in [2.24, 2.45) is 5.73 Å². The summed E-state index contributed by atoms with van der Waals surface area (Å²) in [4.78, 5) is 22.8. The van der Waals surface area contributed by atoms with E-state index in [1.165, 1.54) is 18.2 Å². The number of hydrogen-bond donors (Lipinski definition) is 3. The van der Waals surface area contributed by atoms with Gasteiger partial charge in [0.05, 0.1) is 5.56 Å². The number of alkyl halides is 3. The fraction of sp³-hybridized carbons (Fsp3) is 0.0667. The first-order valence-corrected chi connectivity index (χ1v) is 6.41. The zero-order valence-corrected chi connectivity index (χ0v) is 11.6. The maximum absolute atomic E-state index is 12.6. The molecule has 5 nitrogen and oxygen atoms in total. The molecule has 2 rings (SSSR count). The quantitative estimate of drug-likeness (QED) is 0.808. The molecule has 0 saturated carbocycles. The van der Waals surface area contributed by atoms with Gasteiger partial charge in [-0.15, -0.1) is 0 Å². The monoisotopic (exact) mass is 323 g/mol. The zero-order valence-electron chi connectivity index (χ0n) is 11.6. The Bertz CT molecular complexity index is 745. The fourth-order valence-electron chi connectivity index (χ4n) is 1.86. The Morgan fingerprint density at radius 1 is 0.913 bits per heavy atom. The summed E-state index contributed by atoms with van der Waals surface area (Å²) in [6.45, 7) is 0. The van der Waals surface area contributed by atoms with E-state index in [0.29, 0.717) is 11.4 Å². The van der Waals surface area contributed by atoms with E-state index in [0.717, 1.165) is 18.2 Å². The second-order valence-electron chi connectivity index (χ2n) is 4.60. The van der Waals surface area contributed by atoms with Crippen molar-refractivity contribution in [3.8, 4) is 0 Å². The van der Waals surface area contributed by atoms with E-state index in [9.17, 15) is 22.8 Å². The van der Waals surface area contributed by atoms with Gasteiger partial charge < -0.3 is 16.4 Å². The van der Waals surface area contributed by atoms with Gasteiger partial charge in [0.2, 0.25) is 0 Å². The van der Waals surface area contributed by atoms with Crippen molar-refractivity contribution in [2.45, 2.75) is 6.18 Å². The van der Waals surface area contributed by atoms with Crippen LogP contribution < -0.4 is 16.4 Å². The van der Waals surface area contributed by atoms with E-state index in [1.807, 2.05) is 0 Å². The molecular weight excluding hydrogens is 311 g/mol. The van der Waals surface area contributed by atoms with Gasteiger partial charge in [0, 0.05) is 16.9 Å². The molecule has 2 aromatic carbocycles. The largest absolute Gasteiger partial charge is 0.416 e. The molecule has 23 heavy (non-hydrogen) atoms. The van der Waals surface area contributed by atoms with E-state index in [4.69, 9.17) is 5.73 Å². The highest BCUT2D eigenvalue weighted by atomic mass is 19.4. The number of urea groups is 1. The number of carbonyl (C=O) groups is 2. The van der Waals surface area contributed by atoms with E-state index < -0.39 is 23.7 Å². The average Bonchev–Trinajstić information content (AvgIpc) is 2.46. The average molecular weight is 323 g/mol. The second kappa shape index (κ2) is 6.39. The van der Waals surface area contributed by atoms with Gasteiger partial charge >= 0.3 is 12.2 Å². The molecule has 8 heteroatoms. The molecular formula is C15H12F3N3O2. The number of hydrogen-bond acceptors (Lipinski definition) is 2. The number of carbonyl (C=O) groups excluding carboxylic acids is 2. The molecule has 4 N–H and O–H groups in total. The lowest BCUT2D eigenvalue weighted by Crippen LogP contribution is -2.19. The van der Waals surface area contributed by atoms with Crippen LogP contribution in [0, 0.1) is 0 Å². The van der Waals surface area contributed by atoms with Gasteiger partial charge in [0.25, 0.3) is 5.91 Å². The van der Waals surface area contributed by atoms with E-state index in [2.05, 4.69) is 10.6 Å². The highest BCUT2D eigenvalue weighted by Gasteiger charge is 2.30. The maximum Gasteiger partial charge on any atom is 0.416 e. The molecule has 0 aliphatic carbocycles. The molecule has 0 fully saturated rings. The van der Waals surface area contributed by atoms with Crippen LogP contribution in [0.4, 0.5) is 29.3 Å². The van der Waals surface area contributed by atoms with Gasteiger partial charge in [0.1, 0.15) is 0 Å². The Hall–Kier alpha value is -3.03. The third-order valence-corrected chi connectivity index (χ3v) is 2.84. The topological polar surface area (TPSA) is 84.2 Å². The van der Waals surface area contributed by atoms with Gasteiger partial charge in [-0.2, -0.15) is 13.2 Å². The summed E-state index contributed by atoms with van der Waals surface area (Å²) in [7, 11) is 0. The predicted octanol–water partition coefficient (Wildman–Crippen LogP) is 3.45. The van der Waals surface area contributed by atoms with Crippen LogP contribution in [0.25, 0.3) is 0 Å². The van der Waals surface area contributed by atoms with Crippen molar-refractivity contribution in [3.63, 3.8) is 0 Å². The number of rotatable bonds is 3. The van der Waals surface area contributed by atoms with Crippen molar-refractivity contribution in [2.75, 3.05) is 10.6 Å². The minimum atomic E-state index is -4.53. The molecule has 0 bridgehead atoms. The highest BCUT2D eigenvalue weighted by molar-refractivity contribution is 6.04. The summed E-state index contributed by atoms with van der Waals surface area (Å²) in [5.41, 5.74) is 4.59. The first-order valence-electron chi connectivity index (χ1n) is 6.41. The molecule has 0 aliphatic rings. The van der Waals surface area contributed by atoms with Gasteiger partial charge in [-0.25, -0.2) is 4.79 Å². The molecule has 0 aromatic heterocycles. The van der Waals surface area contributed by atoms with Crippen molar-refractivity contribution in [1.29, 1.82) is 0 Å². The summed E-state index contributed by atoms with van der Waals surface area (Å²) < 4.78 is 37.9. The Morgan fingerprint density at radius 3 is 2.13 bits per heavy atom. The Kier molecular flexibility index (Phi) is 4.54. The molecule has 0 saturated heterocycles.